The third-order valence-corrected chi connectivity index (χ3v) is 3.24. The summed E-state index contributed by atoms with van der Waals surface area (Å²) in [6, 6.07) is 15.7. The maximum absolute atomic E-state index is 9.22. The van der Waals surface area contributed by atoms with Crippen molar-refractivity contribution in [3.63, 3.8) is 0 Å². The fraction of sp³-hybridized carbons (Fsp3) is 0.133. The van der Waals surface area contributed by atoms with Crippen LogP contribution in [0.4, 0.5) is 0 Å². The third-order valence-electron chi connectivity index (χ3n) is 2.58. The smallest absolute Gasteiger partial charge is 0.119 e. The summed E-state index contributed by atoms with van der Waals surface area (Å²) in [5, 5.41) is 9.22. The van der Waals surface area contributed by atoms with E-state index in [2.05, 4.69) is 22.0 Å². The lowest BCUT2D eigenvalue weighted by Crippen LogP contribution is -1.92. The molecule has 0 aliphatic carbocycles. The Morgan fingerprint density at radius 1 is 1.22 bits per heavy atom. The van der Waals surface area contributed by atoms with Gasteiger partial charge in [0.05, 0.1) is 12.2 Å². The van der Waals surface area contributed by atoms with Crippen LogP contribution in [-0.2, 0) is 0 Å². The van der Waals surface area contributed by atoms with Crippen molar-refractivity contribution in [2.75, 3.05) is 6.61 Å². The van der Waals surface area contributed by atoms with Gasteiger partial charge < -0.3 is 4.74 Å². The molecule has 0 spiro atoms. The second kappa shape index (κ2) is 5.70. The van der Waals surface area contributed by atoms with Gasteiger partial charge in [-0.1, -0.05) is 24.3 Å². The van der Waals surface area contributed by atoms with Crippen LogP contribution in [0.25, 0.3) is 11.1 Å². The minimum atomic E-state index is 0.632. The van der Waals surface area contributed by atoms with Crippen LogP contribution in [0.15, 0.2) is 46.9 Å². The Kier molecular flexibility index (Phi) is 4.01. The summed E-state index contributed by atoms with van der Waals surface area (Å²) in [5.41, 5.74) is 2.54. The van der Waals surface area contributed by atoms with Crippen molar-refractivity contribution in [1.29, 1.82) is 5.26 Å². The number of rotatable bonds is 3. The number of ether oxygens (including phenoxy) is 1. The molecule has 0 atom stereocenters. The van der Waals surface area contributed by atoms with Crippen molar-refractivity contribution in [3.05, 3.63) is 52.5 Å². The highest BCUT2D eigenvalue weighted by molar-refractivity contribution is 9.10. The first-order valence-electron chi connectivity index (χ1n) is 5.68. The van der Waals surface area contributed by atoms with Crippen molar-refractivity contribution in [2.45, 2.75) is 6.92 Å². The van der Waals surface area contributed by atoms with Crippen LogP contribution in [0.1, 0.15) is 12.5 Å². The molecule has 3 heteroatoms. The normalized spacial score (nSPS) is 9.83. The van der Waals surface area contributed by atoms with Crippen LogP contribution >= 0.6 is 15.9 Å². The number of nitrogens with zero attached hydrogens (tertiary/aromatic N) is 1. The number of hydrogen-bond acceptors (Lipinski definition) is 2. The van der Waals surface area contributed by atoms with Crippen molar-refractivity contribution >= 4 is 15.9 Å². The highest BCUT2D eigenvalue weighted by atomic mass is 79.9. The first-order valence-corrected chi connectivity index (χ1v) is 6.47. The maximum Gasteiger partial charge on any atom is 0.119 e. The van der Waals surface area contributed by atoms with E-state index in [1.165, 1.54) is 0 Å². The highest BCUT2D eigenvalue weighted by Gasteiger charge is 2.08. The first-order chi connectivity index (χ1) is 8.76. The predicted molar refractivity (Wildman–Crippen MR) is 75.5 cm³/mol. The van der Waals surface area contributed by atoms with Gasteiger partial charge in [0.15, 0.2) is 0 Å². The fourth-order valence-corrected chi connectivity index (χ4v) is 2.25. The van der Waals surface area contributed by atoms with Gasteiger partial charge in [0.2, 0.25) is 0 Å². The molecule has 2 rings (SSSR count). The Hall–Kier alpha value is -1.79. The first kappa shape index (κ1) is 12.7. The van der Waals surface area contributed by atoms with Gasteiger partial charge in [0.25, 0.3) is 0 Å². The van der Waals surface area contributed by atoms with E-state index in [0.29, 0.717) is 12.2 Å². The Morgan fingerprint density at radius 2 is 2.00 bits per heavy atom. The van der Waals surface area contributed by atoms with E-state index in [0.717, 1.165) is 21.3 Å². The van der Waals surface area contributed by atoms with Crippen molar-refractivity contribution in [3.8, 4) is 22.9 Å². The summed E-state index contributed by atoms with van der Waals surface area (Å²) >= 11 is 3.40. The zero-order valence-electron chi connectivity index (χ0n) is 9.98. The van der Waals surface area contributed by atoms with Crippen LogP contribution in [0.3, 0.4) is 0 Å². The molecule has 0 radical (unpaired) electrons. The Morgan fingerprint density at radius 3 is 2.72 bits per heavy atom. The van der Waals surface area contributed by atoms with E-state index in [9.17, 15) is 5.26 Å². The van der Waals surface area contributed by atoms with Gasteiger partial charge in [-0.2, -0.15) is 5.26 Å². The van der Waals surface area contributed by atoms with Crippen molar-refractivity contribution in [1.82, 2.24) is 0 Å². The maximum atomic E-state index is 9.22. The van der Waals surface area contributed by atoms with E-state index in [-0.39, 0.29) is 0 Å². The van der Waals surface area contributed by atoms with Gasteiger partial charge in [-0.3, -0.25) is 0 Å². The van der Waals surface area contributed by atoms with Gasteiger partial charge in [-0.15, -0.1) is 0 Å². The molecule has 0 amide bonds. The van der Waals surface area contributed by atoms with E-state index in [1.54, 1.807) is 0 Å². The fourth-order valence-electron chi connectivity index (χ4n) is 1.80. The van der Waals surface area contributed by atoms with Crippen molar-refractivity contribution < 1.29 is 4.74 Å². The molecular formula is C15H12BrNO. The SMILES string of the molecule is CCOc1cccc(-c2cccc(Br)c2C#N)c1. The molecule has 0 aliphatic heterocycles. The average molecular weight is 302 g/mol. The molecule has 0 bridgehead atoms. The topological polar surface area (TPSA) is 33.0 Å². The number of nitriles is 1. The molecule has 90 valence electrons. The highest BCUT2D eigenvalue weighted by Crippen LogP contribution is 2.30. The number of benzene rings is 2. The Labute approximate surface area is 115 Å². The molecule has 2 aromatic rings. The molecular weight excluding hydrogens is 290 g/mol. The molecule has 0 saturated heterocycles. The summed E-state index contributed by atoms with van der Waals surface area (Å²) in [7, 11) is 0. The second-order valence-corrected chi connectivity index (χ2v) is 4.59. The van der Waals surface area contributed by atoms with Crippen LogP contribution in [-0.4, -0.2) is 6.61 Å². The summed E-state index contributed by atoms with van der Waals surface area (Å²) in [6.45, 7) is 2.58. The lowest BCUT2D eigenvalue weighted by molar-refractivity contribution is 0.340. The van der Waals surface area contributed by atoms with Gasteiger partial charge in [-0.05, 0) is 46.6 Å². The quantitative estimate of drug-likeness (QED) is 0.842. The predicted octanol–water partition coefficient (Wildman–Crippen LogP) is 4.39. The molecule has 0 aliphatic rings. The minimum Gasteiger partial charge on any atom is -0.494 e. The molecule has 0 unspecified atom stereocenters. The third kappa shape index (κ3) is 2.55. The van der Waals surface area contributed by atoms with Crippen LogP contribution in [0, 0.1) is 11.3 Å². The summed E-state index contributed by atoms with van der Waals surface area (Å²) in [5.74, 6) is 0.818. The molecule has 18 heavy (non-hydrogen) atoms. The zero-order chi connectivity index (χ0) is 13.0. The largest absolute Gasteiger partial charge is 0.494 e. The van der Waals surface area contributed by atoms with Gasteiger partial charge in [-0.25, -0.2) is 0 Å². The van der Waals surface area contributed by atoms with Crippen molar-refractivity contribution in [2.24, 2.45) is 0 Å². The molecule has 0 aromatic heterocycles. The standard InChI is InChI=1S/C15H12BrNO/c1-2-18-12-6-3-5-11(9-12)13-7-4-8-15(16)14(13)10-17/h3-9H,2H2,1H3. The molecule has 2 aromatic carbocycles. The number of halogens is 1. The summed E-state index contributed by atoms with van der Waals surface area (Å²) in [6.07, 6.45) is 0. The summed E-state index contributed by atoms with van der Waals surface area (Å²) in [4.78, 5) is 0. The van der Waals surface area contributed by atoms with Gasteiger partial charge >= 0.3 is 0 Å². The van der Waals surface area contributed by atoms with E-state index in [4.69, 9.17) is 4.74 Å². The van der Waals surface area contributed by atoms with E-state index >= 15 is 0 Å². The molecule has 2 nitrogen and oxygen atoms in total. The summed E-state index contributed by atoms with van der Waals surface area (Å²) < 4.78 is 6.29. The van der Waals surface area contributed by atoms with E-state index < -0.39 is 0 Å². The molecule has 0 N–H and O–H groups in total. The molecule has 0 fully saturated rings. The van der Waals surface area contributed by atoms with Crippen LogP contribution < -0.4 is 4.74 Å². The lowest BCUT2D eigenvalue weighted by atomic mass is 10.0. The average Bonchev–Trinajstić information content (AvgIpc) is 2.39. The molecule has 0 saturated carbocycles. The monoisotopic (exact) mass is 301 g/mol. The Balaban J connectivity index is 2.52. The van der Waals surface area contributed by atoms with Crippen LogP contribution in [0.2, 0.25) is 0 Å². The second-order valence-electron chi connectivity index (χ2n) is 3.74. The molecule has 0 heterocycles. The lowest BCUT2D eigenvalue weighted by Gasteiger charge is -2.08. The minimum absolute atomic E-state index is 0.632. The van der Waals surface area contributed by atoms with Gasteiger partial charge in [0, 0.05) is 10.0 Å². The van der Waals surface area contributed by atoms with Crippen LogP contribution in [0.5, 0.6) is 5.75 Å². The number of hydrogen-bond donors (Lipinski definition) is 0. The Bertz CT molecular complexity index is 602. The van der Waals surface area contributed by atoms with E-state index in [1.807, 2.05) is 49.4 Å². The van der Waals surface area contributed by atoms with Gasteiger partial charge in [0.1, 0.15) is 11.8 Å². The zero-order valence-corrected chi connectivity index (χ0v) is 11.6.